The van der Waals surface area contributed by atoms with Crippen LogP contribution in [0.4, 0.5) is 0 Å². The molecule has 0 fully saturated rings. The van der Waals surface area contributed by atoms with Crippen LogP contribution < -0.4 is 14.3 Å². The zero-order valence-electron chi connectivity index (χ0n) is 16.1. The predicted octanol–water partition coefficient (Wildman–Crippen LogP) is 4.71. The summed E-state index contributed by atoms with van der Waals surface area (Å²) in [6.45, 7) is 4.74. The highest BCUT2D eigenvalue weighted by Gasteiger charge is 2.14. The van der Waals surface area contributed by atoms with Crippen LogP contribution in [0.1, 0.15) is 19.4 Å². The summed E-state index contributed by atoms with van der Waals surface area (Å²) >= 11 is 3.45. The van der Waals surface area contributed by atoms with Crippen LogP contribution in [0, 0.1) is 0 Å². The minimum atomic E-state index is -3.78. The van der Waals surface area contributed by atoms with E-state index in [1.807, 2.05) is 38.1 Å². The van der Waals surface area contributed by atoms with Gasteiger partial charge in [-0.25, -0.2) is 4.83 Å². The van der Waals surface area contributed by atoms with Crippen molar-refractivity contribution in [2.24, 2.45) is 5.10 Å². The molecule has 3 aromatic carbocycles. The highest BCUT2D eigenvalue weighted by atomic mass is 79.9. The Hall–Kier alpha value is -2.58. The highest BCUT2D eigenvalue weighted by Crippen LogP contribution is 2.36. The summed E-state index contributed by atoms with van der Waals surface area (Å²) in [7, 11) is -3.78. The molecule has 0 bridgehead atoms. The molecule has 0 aliphatic rings. The number of sulfonamides is 1. The number of halogens is 1. The first-order valence-corrected chi connectivity index (χ1v) is 11.3. The van der Waals surface area contributed by atoms with Crippen LogP contribution >= 0.6 is 15.9 Å². The summed E-state index contributed by atoms with van der Waals surface area (Å²) in [5, 5.41) is 5.72. The number of hydrogen-bond acceptors (Lipinski definition) is 5. The van der Waals surface area contributed by atoms with E-state index in [4.69, 9.17) is 9.47 Å². The predicted molar refractivity (Wildman–Crippen MR) is 118 cm³/mol. The molecule has 3 rings (SSSR count). The molecule has 3 aromatic rings. The summed E-state index contributed by atoms with van der Waals surface area (Å²) < 4.78 is 37.0. The second-order valence-electron chi connectivity index (χ2n) is 6.06. The molecule has 152 valence electrons. The van der Waals surface area contributed by atoms with Crippen molar-refractivity contribution >= 4 is 42.9 Å². The van der Waals surface area contributed by atoms with E-state index in [-0.39, 0.29) is 4.90 Å². The Morgan fingerprint density at radius 3 is 2.45 bits per heavy atom. The number of rotatable bonds is 8. The minimum absolute atomic E-state index is 0.149. The molecule has 0 spiro atoms. The van der Waals surface area contributed by atoms with Gasteiger partial charge in [-0.1, -0.05) is 30.3 Å². The Bertz CT molecular complexity index is 1150. The molecule has 0 heterocycles. The lowest BCUT2D eigenvalue weighted by atomic mass is 10.1. The van der Waals surface area contributed by atoms with Crippen LogP contribution in [-0.2, 0) is 10.0 Å². The average molecular weight is 477 g/mol. The monoisotopic (exact) mass is 476 g/mol. The van der Waals surface area contributed by atoms with Gasteiger partial charge < -0.3 is 9.47 Å². The summed E-state index contributed by atoms with van der Waals surface area (Å²) in [6.07, 6.45) is 1.42. The molecule has 0 radical (unpaired) electrons. The molecule has 0 unspecified atom stereocenters. The van der Waals surface area contributed by atoms with Gasteiger partial charge in [0, 0.05) is 0 Å². The van der Waals surface area contributed by atoms with Gasteiger partial charge in [0.15, 0.2) is 11.5 Å². The van der Waals surface area contributed by atoms with Crippen molar-refractivity contribution in [3.05, 3.63) is 64.6 Å². The lowest BCUT2D eigenvalue weighted by molar-refractivity contribution is 0.286. The fourth-order valence-electron chi connectivity index (χ4n) is 2.77. The van der Waals surface area contributed by atoms with Gasteiger partial charge in [0.25, 0.3) is 10.0 Å². The number of benzene rings is 3. The van der Waals surface area contributed by atoms with Crippen molar-refractivity contribution in [2.75, 3.05) is 13.2 Å². The van der Waals surface area contributed by atoms with Gasteiger partial charge in [-0.05, 0) is 70.4 Å². The van der Waals surface area contributed by atoms with Gasteiger partial charge in [-0.2, -0.15) is 13.5 Å². The van der Waals surface area contributed by atoms with Gasteiger partial charge in [0.05, 0.1) is 28.8 Å². The van der Waals surface area contributed by atoms with Crippen LogP contribution in [-0.4, -0.2) is 27.8 Å². The molecule has 0 saturated carbocycles. The number of ether oxygens (including phenoxy) is 2. The van der Waals surface area contributed by atoms with Crippen LogP contribution in [0.2, 0.25) is 0 Å². The number of nitrogens with one attached hydrogen (secondary N) is 1. The highest BCUT2D eigenvalue weighted by molar-refractivity contribution is 9.10. The molecular weight excluding hydrogens is 456 g/mol. The molecule has 8 heteroatoms. The Morgan fingerprint density at radius 1 is 1.00 bits per heavy atom. The first-order chi connectivity index (χ1) is 13.9. The van der Waals surface area contributed by atoms with Crippen LogP contribution in [0.15, 0.2) is 69.1 Å². The van der Waals surface area contributed by atoms with Gasteiger partial charge in [0.2, 0.25) is 0 Å². The van der Waals surface area contributed by atoms with Gasteiger partial charge in [-0.15, -0.1) is 0 Å². The molecule has 29 heavy (non-hydrogen) atoms. The number of hydrazone groups is 1. The Labute approximate surface area is 178 Å². The van der Waals surface area contributed by atoms with E-state index in [0.717, 1.165) is 10.8 Å². The third-order valence-corrected chi connectivity index (χ3v) is 5.85. The molecule has 1 N–H and O–H groups in total. The number of nitrogens with zero attached hydrogens (tertiary/aromatic N) is 1. The fraction of sp³-hybridized carbons (Fsp3) is 0.190. The Morgan fingerprint density at radius 2 is 1.72 bits per heavy atom. The lowest BCUT2D eigenvalue weighted by Crippen LogP contribution is -2.18. The first-order valence-electron chi connectivity index (χ1n) is 9.07. The summed E-state index contributed by atoms with van der Waals surface area (Å²) in [4.78, 5) is 2.40. The van der Waals surface area contributed by atoms with Crippen molar-refractivity contribution in [1.29, 1.82) is 0 Å². The van der Waals surface area contributed by atoms with E-state index in [9.17, 15) is 8.42 Å². The van der Waals surface area contributed by atoms with Crippen molar-refractivity contribution in [1.82, 2.24) is 4.83 Å². The fourth-order valence-corrected chi connectivity index (χ4v) is 4.17. The quantitative estimate of drug-likeness (QED) is 0.377. The topological polar surface area (TPSA) is 77.0 Å². The molecule has 6 nitrogen and oxygen atoms in total. The van der Waals surface area contributed by atoms with Crippen LogP contribution in [0.25, 0.3) is 10.8 Å². The van der Waals surface area contributed by atoms with E-state index in [1.165, 1.54) is 6.21 Å². The summed E-state index contributed by atoms with van der Waals surface area (Å²) in [6, 6.07) is 16.0. The first kappa shape index (κ1) is 21.1. The third-order valence-electron chi connectivity index (χ3n) is 4.04. The largest absolute Gasteiger partial charge is 0.490 e. The smallest absolute Gasteiger partial charge is 0.276 e. The second kappa shape index (κ2) is 9.28. The molecule has 0 amide bonds. The van der Waals surface area contributed by atoms with E-state index in [0.29, 0.717) is 34.7 Å². The zero-order chi connectivity index (χ0) is 20.9. The zero-order valence-corrected chi connectivity index (χ0v) is 18.5. The number of hydrogen-bond donors (Lipinski definition) is 1. The van der Waals surface area contributed by atoms with Crippen molar-refractivity contribution in [2.45, 2.75) is 18.7 Å². The third kappa shape index (κ3) is 5.07. The van der Waals surface area contributed by atoms with Gasteiger partial charge >= 0.3 is 0 Å². The molecule has 0 saturated heterocycles. The molecule has 0 aliphatic heterocycles. The Balaban J connectivity index is 1.82. The van der Waals surface area contributed by atoms with Crippen LogP contribution in [0.5, 0.6) is 11.5 Å². The molecule has 0 aliphatic carbocycles. The van der Waals surface area contributed by atoms with E-state index >= 15 is 0 Å². The summed E-state index contributed by atoms with van der Waals surface area (Å²) in [5.41, 5.74) is 0.657. The van der Waals surface area contributed by atoms with E-state index in [1.54, 1.807) is 30.3 Å². The number of fused-ring (bicyclic) bond motifs is 1. The average Bonchev–Trinajstić information content (AvgIpc) is 2.70. The van der Waals surface area contributed by atoms with Gasteiger partial charge in [0.1, 0.15) is 0 Å². The standard InChI is InChI=1S/C21H21BrN2O4S/c1-3-27-20-12-15(11-19(22)21(20)28-4-2)14-23-24-29(25,26)18-10-9-16-7-5-6-8-17(16)13-18/h5-14,24H,3-4H2,1-2H3/b23-14-. The van der Waals surface area contributed by atoms with Crippen molar-refractivity contribution in [3.8, 4) is 11.5 Å². The van der Waals surface area contributed by atoms with Crippen molar-refractivity contribution < 1.29 is 17.9 Å². The maximum absolute atomic E-state index is 12.6. The normalized spacial score (nSPS) is 11.7. The van der Waals surface area contributed by atoms with E-state index < -0.39 is 10.0 Å². The SMILES string of the molecule is CCOc1cc(/C=N\NS(=O)(=O)c2ccc3ccccc3c2)cc(Br)c1OCC. The van der Waals surface area contributed by atoms with Crippen molar-refractivity contribution in [3.63, 3.8) is 0 Å². The maximum Gasteiger partial charge on any atom is 0.276 e. The second-order valence-corrected chi connectivity index (χ2v) is 8.57. The maximum atomic E-state index is 12.6. The molecular formula is C21H21BrN2O4S. The Kier molecular flexibility index (Phi) is 6.76. The summed E-state index contributed by atoms with van der Waals surface area (Å²) in [5.74, 6) is 1.16. The molecule has 0 atom stereocenters. The molecule has 0 aromatic heterocycles. The minimum Gasteiger partial charge on any atom is -0.490 e. The van der Waals surface area contributed by atoms with Crippen LogP contribution in [0.3, 0.4) is 0 Å². The lowest BCUT2D eigenvalue weighted by Gasteiger charge is -2.13. The van der Waals surface area contributed by atoms with E-state index in [2.05, 4.69) is 25.9 Å². The van der Waals surface area contributed by atoms with Gasteiger partial charge in [-0.3, -0.25) is 0 Å².